The molecule has 0 spiro atoms. The molecule has 0 amide bonds. The maximum atomic E-state index is 12.1. The van der Waals surface area contributed by atoms with Crippen molar-refractivity contribution in [2.24, 2.45) is 0 Å². The number of hydrogen-bond donors (Lipinski definition) is 2. The molecule has 5 nitrogen and oxygen atoms in total. The number of nitrogens with one attached hydrogen (secondary N) is 1. The lowest BCUT2D eigenvalue weighted by molar-refractivity contribution is 0.0856. The summed E-state index contributed by atoms with van der Waals surface area (Å²) in [7, 11) is -3.37. The molecule has 1 unspecified atom stereocenters. The van der Waals surface area contributed by atoms with Crippen LogP contribution in [0.15, 0.2) is 29.2 Å². The van der Waals surface area contributed by atoms with Crippen LogP contribution in [-0.4, -0.2) is 50.0 Å². The van der Waals surface area contributed by atoms with Crippen LogP contribution in [0.25, 0.3) is 0 Å². The van der Waals surface area contributed by atoms with Crippen molar-refractivity contribution in [1.29, 1.82) is 5.26 Å². The van der Waals surface area contributed by atoms with Crippen LogP contribution >= 0.6 is 11.8 Å². The van der Waals surface area contributed by atoms with Crippen molar-refractivity contribution in [1.82, 2.24) is 5.32 Å². The van der Waals surface area contributed by atoms with Crippen molar-refractivity contribution in [2.75, 3.05) is 30.9 Å². The van der Waals surface area contributed by atoms with E-state index in [2.05, 4.69) is 5.32 Å². The third kappa shape index (κ3) is 6.06. The summed E-state index contributed by atoms with van der Waals surface area (Å²) in [5.74, 6) is 0.538. The molecule has 1 atom stereocenters. The van der Waals surface area contributed by atoms with Gasteiger partial charge >= 0.3 is 0 Å². The summed E-state index contributed by atoms with van der Waals surface area (Å²) in [5, 5.41) is 21.6. The summed E-state index contributed by atoms with van der Waals surface area (Å²) in [6.45, 7) is 2.33. The molecule has 0 aromatic heterocycles. The van der Waals surface area contributed by atoms with Crippen molar-refractivity contribution in [3.63, 3.8) is 0 Å². The van der Waals surface area contributed by atoms with E-state index in [4.69, 9.17) is 5.26 Å². The predicted molar refractivity (Wildman–Crippen MR) is 85.1 cm³/mol. The quantitative estimate of drug-likeness (QED) is 0.693. The van der Waals surface area contributed by atoms with E-state index in [1.165, 1.54) is 36.0 Å². The first-order valence-corrected chi connectivity index (χ1v) is 9.50. The topological polar surface area (TPSA) is 90.2 Å². The number of sulfone groups is 1. The van der Waals surface area contributed by atoms with Gasteiger partial charge in [0.05, 0.1) is 27.9 Å². The molecule has 0 saturated carbocycles. The van der Waals surface area contributed by atoms with Crippen LogP contribution in [0, 0.1) is 11.3 Å². The summed E-state index contributed by atoms with van der Waals surface area (Å²) in [6.07, 6.45) is 1.91. The highest BCUT2D eigenvalue weighted by Gasteiger charge is 2.20. The van der Waals surface area contributed by atoms with Gasteiger partial charge in [-0.1, -0.05) is 0 Å². The molecule has 7 heteroatoms. The van der Waals surface area contributed by atoms with Gasteiger partial charge in [0.2, 0.25) is 0 Å². The molecule has 2 N–H and O–H groups in total. The van der Waals surface area contributed by atoms with Crippen LogP contribution in [0.3, 0.4) is 0 Å². The van der Waals surface area contributed by atoms with Crippen molar-refractivity contribution >= 4 is 21.6 Å². The first-order chi connectivity index (χ1) is 9.80. The highest BCUT2D eigenvalue weighted by Crippen LogP contribution is 2.12. The highest BCUT2D eigenvalue weighted by molar-refractivity contribution is 7.98. The second-order valence-electron chi connectivity index (χ2n) is 5.06. The molecule has 0 fully saturated rings. The zero-order valence-electron chi connectivity index (χ0n) is 12.2. The molecule has 0 aliphatic heterocycles. The summed E-state index contributed by atoms with van der Waals surface area (Å²) in [6, 6.07) is 7.81. The van der Waals surface area contributed by atoms with Crippen molar-refractivity contribution in [3.8, 4) is 6.07 Å². The summed E-state index contributed by atoms with van der Waals surface area (Å²) < 4.78 is 24.2. The Labute approximate surface area is 130 Å². The SMILES string of the molecule is CSCC(C)(O)CNCCS(=O)(=O)c1ccc(C#N)cc1. The van der Waals surface area contributed by atoms with Gasteiger partial charge in [-0.2, -0.15) is 17.0 Å². The van der Waals surface area contributed by atoms with Crippen LogP contribution in [0.1, 0.15) is 12.5 Å². The third-order valence-corrected chi connectivity index (χ3v) is 5.49. The molecular weight excluding hydrogens is 308 g/mol. The van der Waals surface area contributed by atoms with E-state index in [1.54, 1.807) is 6.92 Å². The summed E-state index contributed by atoms with van der Waals surface area (Å²) in [5.41, 5.74) is -0.419. The molecule has 0 heterocycles. The molecular formula is C14H20N2O3S2. The molecule has 0 saturated heterocycles. The number of thioether (sulfide) groups is 1. The van der Waals surface area contributed by atoms with Gasteiger partial charge in [0.25, 0.3) is 0 Å². The lowest BCUT2D eigenvalue weighted by Gasteiger charge is -2.22. The molecule has 21 heavy (non-hydrogen) atoms. The molecule has 0 radical (unpaired) electrons. The van der Waals surface area contributed by atoms with Crippen molar-refractivity contribution in [3.05, 3.63) is 29.8 Å². The molecule has 1 rings (SSSR count). The Morgan fingerprint density at radius 1 is 1.38 bits per heavy atom. The minimum atomic E-state index is -3.37. The number of aliphatic hydroxyl groups is 1. The van der Waals surface area contributed by atoms with Crippen LogP contribution in [0.5, 0.6) is 0 Å². The Balaban J connectivity index is 2.52. The number of rotatable bonds is 8. The zero-order chi connectivity index (χ0) is 15.9. The number of benzene rings is 1. The van der Waals surface area contributed by atoms with E-state index in [1.807, 2.05) is 12.3 Å². The van der Waals surface area contributed by atoms with Crippen LogP contribution in [-0.2, 0) is 9.84 Å². The van der Waals surface area contributed by atoms with Gasteiger partial charge in [-0.05, 0) is 37.4 Å². The van der Waals surface area contributed by atoms with Gasteiger partial charge in [0.15, 0.2) is 9.84 Å². The minimum Gasteiger partial charge on any atom is -0.388 e. The number of nitrogens with zero attached hydrogens (tertiary/aromatic N) is 1. The first-order valence-electron chi connectivity index (χ1n) is 6.46. The van der Waals surface area contributed by atoms with Crippen LogP contribution in [0.2, 0.25) is 0 Å². The third-order valence-electron chi connectivity index (χ3n) is 2.85. The number of hydrogen-bond acceptors (Lipinski definition) is 6. The highest BCUT2D eigenvalue weighted by atomic mass is 32.2. The second-order valence-corrected chi connectivity index (χ2v) is 8.04. The van der Waals surface area contributed by atoms with E-state index in [-0.39, 0.29) is 17.2 Å². The smallest absolute Gasteiger partial charge is 0.179 e. The zero-order valence-corrected chi connectivity index (χ0v) is 13.8. The minimum absolute atomic E-state index is 0.0474. The van der Waals surface area contributed by atoms with Gasteiger partial charge in [0, 0.05) is 18.8 Å². The fourth-order valence-electron chi connectivity index (χ4n) is 1.78. The van der Waals surface area contributed by atoms with E-state index in [9.17, 15) is 13.5 Å². The Hall–Kier alpha value is -1.07. The fourth-order valence-corrected chi connectivity index (χ4v) is 3.70. The van der Waals surface area contributed by atoms with Crippen molar-refractivity contribution in [2.45, 2.75) is 17.4 Å². The van der Waals surface area contributed by atoms with Gasteiger partial charge in [-0.3, -0.25) is 0 Å². The lowest BCUT2D eigenvalue weighted by atomic mass is 10.1. The van der Waals surface area contributed by atoms with E-state index >= 15 is 0 Å². The lowest BCUT2D eigenvalue weighted by Crippen LogP contribution is -2.41. The number of nitriles is 1. The molecule has 0 bridgehead atoms. The predicted octanol–water partition coefficient (Wildman–Crippen LogP) is 1.04. The van der Waals surface area contributed by atoms with Crippen LogP contribution < -0.4 is 5.32 Å². The Bertz CT molecular complexity index is 590. The molecule has 0 aliphatic rings. The average Bonchev–Trinajstić information content (AvgIpc) is 2.44. The average molecular weight is 328 g/mol. The molecule has 0 aliphatic carbocycles. The van der Waals surface area contributed by atoms with E-state index in [0.717, 1.165) is 0 Å². The molecule has 116 valence electrons. The first kappa shape index (κ1) is 18.0. The van der Waals surface area contributed by atoms with Crippen LogP contribution in [0.4, 0.5) is 0 Å². The molecule has 1 aromatic carbocycles. The fraction of sp³-hybridized carbons (Fsp3) is 0.500. The standard InChI is InChI=1S/C14H20N2O3S2/c1-14(17,11-20-2)10-16-7-8-21(18,19)13-5-3-12(9-15)4-6-13/h3-6,16-17H,7-8,10-11H2,1-2H3. The maximum absolute atomic E-state index is 12.1. The van der Waals surface area contributed by atoms with Gasteiger partial charge < -0.3 is 10.4 Å². The Kier molecular flexibility index (Phi) is 6.68. The maximum Gasteiger partial charge on any atom is 0.179 e. The van der Waals surface area contributed by atoms with E-state index < -0.39 is 15.4 Å². The Morgan fingerprint density at radius 3 is 2.52 bits per heavy atom. The summed E-state index contributed by atoms with van der Waals surface area (Å²) in [4.78, 5) is 0.208. The summed E-state index contributed by atoms with van der Waals surface area (Å²) >= 11 is 1.54. The molecule has 1 aromatic rings. The normalized spacial score (nSPS) is 14.4. The van der Waals surface area contributed by atoms with Gasteiger partial charge in [0.1, 0.15) is 0 Å². The van der Waals surface area contributed by atoms with E-state index in [0.29, 0.717) is 17.9 Å². The van der Waals surface area contributed by atoms with Gasteiger partial charge in [-0.25, -0.2) is 8.42 Å². The largest absolute Gasteiger partial charge is 0.388 e. The van der Waals surface area contributed by atoms with Gasteiger partial charge in [-0.15, -0.1) is 0 Å². The second kappa shape index (κ2) is 7.80. The van der Waals surface area contributed by atoms with Crippen molar-refractivity contribution < 1.29 is 13.5 Å². The monoisotopic (exact) mass is 328 g/mol. The Morgan fingerprint density at radius 2 is 2.00 bits per heavy atom.